The minimum absolute atomic E-state index is 0.0106. The highest BCUT2D eigenvalue weighted by molar-refractivity contribution is 6.35. The maximum absolute atomic E-state index is 6.20. The average Bonchev–Trinajstić information content (AvgIpc) is 2.48. The Balaban J connectivity index is 1.82. The number of piperidine rings is 1. The second kappa shape index (κ2) is 8.61. The van der Waals surface area contributed by atoms with Crippen molar-refractivity contribution < 1.29 is 0 Å². The zero-order valence-corrected chi connectivity index (χ0v) is 14.5. The Morgan fingerprint density at radius 1 is 1.32 bits per heavy atom. The third kappa shape index (κ3) is 5.34. The highest BCUT2D eigenvalue weighted by Gasteiger charge is 2.11. The molecular weight excluding hydrogens is 319 g/mol. The number of halogens is 2. The average molecular weight is 343 g/mol. The molecule has 0 radical (unpaired) electrons. The standard InChI is InChI=1S/C16H24Cl2N4/c1-12(14-6-5-13(17)11-15(14)18)21-16(19)20-7-10-22-8-3-2-4-9-22/h5-6,11-12H,2-4,7-10H2,1H3,(H3,19,20,21). The molecule has 1 aromatic carbocycles. The van der Waals surface area contributed by atoms with E-state index in [1.807, 2.05) is 19.1 Å². The summed E-state index contributed by atoms with van der Waals surface area (Å²) in [5.74, 6) is 0.454. The van der Waals surface area contributed by atoms with Crippen molar-refractivity contribution in [1.29, 1.82) is 0 Å². The van der Waals surface area contributed by atoms with Crippen LogP contribution >= 0.6 is 23.2 Å². The van der Waals surface area contributed by atoms with Crippen LogP contribution in [0.3, 0.4) is 0 Å². The van der Waals surface area contributed by atoms with E-state index in [-0.39, 0.29) is 6.04 Å². The molecule has 122 valence electrons. The van der Waals surface area contributed by atoms with Crippen molar-refractivity contribution in [3.05, 3.63) is 33.8 Å². The lowest BCUT2D eigenvalue weighted by Gasteiger charge is -2.25. The van der Waals surface area contributed by atoms with Crippen molar-refractivity contribution in [2.24, 2.45) is 10.7 Å². The van der Waals surface area contributed by atoms with E-state index in [1.54, 1.807) is 6.07 Å². The van der Waals surface area contributed by atoms with Gasteiger partial charge in [0.25, 0.3) is 0 Å². The van der Waals surface area contributed by atoms with Gasteiger partial charge in [0.15, 0.2) is 5.96 Å². The Morgan fingerprint density at radius 3 is 2.73 bits per heavy atom. The van der Waals surface area contributed by atoms with Crippen molar-refractivity contribution in [3.8, 4) is 0 Å². The number of nitrogens with one attached hydrogen (secondary N) is 1. The zero-order valence-electron chi connectivity index (χ0n) is 13.0. The second-order valence-electron chi connectivity index (χ2n) is 5.70. The molecule has 0 saturated carbocycles. The zero-order chi connectivity index (χ0) is 15.9. The number of hydrogen-bond acceptors (Lipinski definition) is 2. The molecular formula is C16H24Cl2N4. The molecule has 3 N–H and O–H groups in total. The predicted molar refractivity (Wildman–Crippen MR) is 94.8 cm³/mol. The Labute approximate surface area is 142 Å². The SMILES string of the molecule is CC(NC(N)=NCCN1CCCCC1)c1ccc(Cl)cc1Cl. The number of nitrogens with two attached hydrogens (primary N) is 1. The van der Waals surface area contributed by atoms with Gasteiger partial charge in [0.2, 0.25) is 0 Å². The van der Waals surface area contributed by atoms with Crippen LogP contribution < -0.4 is 11.1 Å². The third-order valence-electron chi connectivity index (χ3n) is 3.94. The predicted octanol–water partition coefficient (Wildman–Crippen LogP) is 3.44. The lowest BCUT2D eigenvalue weighted by molar-refractivity contribution is 0.235. The van der Waals surface area contributed by atoms with Gasteiger partial charge < -0.3 is 16.0 Å². The van der Waals surface area contributed by atoms with E-state index in [9.17, 15) is 0 Å². The molecule has 2 rings (SSSR count). The van der Waals surface area contributed by atoms with Crippen molar-refractivity contribution in [2.75, 3.05) is 26.2 Å². The maximum Gasteiger partial charge on any atom is 0.189 e. The van der Waals surface area contributed by atoms with Gasteiger partial charge in [-0.1, -0.05) is 35.7 Å². The number of hydrogen-bond donors (Lipinski definition) is 2. The molecule has 0 aliphatic carbocycles. The Bertz CT molecular complexity index is 513. The van der Waals surface area contributed by atoms with Gasteiger partial charge in [0.1, 0.15) is 0 Å². The largest absolute Gasteiger partial charge is 0.370 e. The fourth-order valence-corrected chi connectivity index (χ4v) is 3.26. The highest BCUT2D eigenvalue weighted by Crippen LogP contribution is 2.25. The Morgan fingerprint density at radius 2 is 2.05 bits per heavy atom. The summed E-state index contributed by atoms with van der Waals surface area (Å²) in [5, 5.41) is 4.44. The van der Waals surface area contributed by atoms with Gasteiger partial charge in [0.05, 0.1) is 12.6 Å². The first-order valence-electron chi connectivity index (χ1n) is 7.80. The molecule has 1 aliphatic rings. The molecule has 1 unspecified atom stereocenters. The monoisotopic (exact) mass is 342 g/mol. The summed E-state index contributed by atoms with van der Waals surface area (Å²) < 4.78 is 0. The van der Waals surface area contributed by atoms with E-state index in [4.69, 9.17) is 28.9 Å². The van der Waals surface area contributed by atoms with E-state index in [0.717, 1.165) is 18.7 Å². The molecule has 1 saturated heterocycles. The summed E-state index contributed by atoms with van der Waals surface area (Å²) in [5.41, 5.74) is 6.92. The van der Waals surface area contributed by atoms with E-state index in [1.165, 1.54) is 32.4 Å². The molecule has 6 heteroatoms. The van der Waals surface area contributed by atoms with Gasteiger partial charge in [-0.05, 0) is 50.6 Å². The summed E-state index contributed by atoms with van der Waals surface area (Å²) in [6.07, 6.45) is 3.94. The Kier molecular flexibility index (Phi) is 6.80. The number of rotatable bonds is 5. The van der Waals surface area contributed by atoms with Gasteiger partial charge in [-0.25, -0.2) is 0 Å². The highest BCUT2D eigenvalue weighted by atomic mass is 35.5. The van der Waals surface area contributed by atoms with Crippen LogP contribution in [-0.2, 0) is 0 Å². The molecule has 1 heterocycles. The lowest BCUT2D eigenvalue weighted by Crippen LogP contribution is -2.36. The number of benzene rings is 1. The third-order valence-corrected chi connectivity index (χ3v) is 4.50. The smallest absolute Gasteiger partial charge is 0.189 e. The molecule has 1 aliphatic heterocycles. The molecule has 22 heavy (non-hydrogen) atoms. The number of guanidine groups is 1. The first-order valence-corrected chi connectivity index (χ1v) is 8.55. The molecule has 4 nitrogen and oxygen atoms in total. The van der Waals surface area contributed by atoms with Gasteiger partial charge in [-0.2, -0.15) is 0 Å². The second-order valence-corrected chi connectivity index (χ2v) is 6.54. The van der Waals surface area contributed by atoms with Crippen molar-refractivity contribution >= 4 is 29.2 Å². The first-order chi connectivity index (χ1) is 10.6. The maximum atomic E-state index is 6.20. The van der Waals surface area contributed by atoms with Crippen LogP contribution in [0.5, 0.6) is 0 Å². The van der Waals surface area contributed by atoms with Crippen LogP contribution in [0.15, 0.2) is 23.2 Å². The summed E-state index contributed by atoms with van der Waals surface area (Å²) in [6.45, 7) is 6.06. The molecule has 0 spiro atoms. The summed E-state index contributed by atoms with van der Waals surface area (Å²) in [4.78, 5) is 6.85. The fraction of sp³-hybridized carbons (Fsp3) is 0.562. The fourth-order valence-electron chi connectivity index (χ4n) is 2.69. The van der Waals surface area contributed by atoms with Crippen LogP contribution in [0, 0.1) is 0 Å². The quantitative estimate of drug-likeness (QED) is 0.636. The summed E-state index contributed by atoms with van der Waals surface area (Å²) in [6, 6.07) is 5.46. The number of aliphatic imine (C=N–C) groups is 1. The summed E-state index contributed by atoms with van der Waals surface area (Å²) in [7, 11) is 0. The Hall–Kier alpha value is -0.970. The van der Waals surface area contributed by atoms with E-state index in [0.29, 0.717) is 16.0 Å². The van der Waals surface area contributed by atoms with Gasteiger partial charge >= 0.3 is 0 Å². The van der Waals surface area contributed by atoms with Crippen molar-refractivity contribution in [1.82, 2.24) is 10.2 Å². The van der Waals surface area contributed by atoms with Crippen LogP contribution in [0.2, 0.25) is 10.0 Å². The minimum Gasteiger partial charge on any atom is -0.370 e. The molecule has 0 bridgehead atoms. The van der Waals surface area contributed by atoms with Gasteiger partial charge in [-0.15, -0.1) is 0 Å². The number of likely N-dealkylation sites (tertiary alicyclic amines) is 1. The first kappa shape index (κ1) is 17.4. The minimum atomic E-state index is -0.0106. The van der Waals surface area contributed by atoms with Crippen LogP contribution in [-0.4, -0.2) is 37.0 Å². The molecule has 1 fully saturated rings. The molecule has 1 atom stereocenters. The normalized spacial score (nSPS) is 18.2. The van der Waals surface area contributed by atoms with Crippen LogP contribution in [0.25, 0.3) is 0 Å². The van der Waals surface area contributed by atoms with Crippen LogP contribution in [0.1, 0.15) is 37.8 Å². The molecule has 0 aromatic heterocycles. The molecule has 1 aromatic rings. The van der Waals surface area contributed by atoms with E-state index in [2.05, 4.69) is 15.2 Å². The molecule has 0 amide bonds. The number of nitrogens with zero attached hydrogens (tertiary/aromatic N) is 2. The van der Waals surface area contributed by atoms with Crippen LogP contribution in [0.4, 0.5) is 0 Å². The van der Waals surface area contributed by atoms with Crippen molar-refractivity contribution in [3.63, 3.8) is 0 Å². The lowest BCUT2D eigenvalue weighted by atomic mass is 10.1. The van der Waals surface area contributed by atoms with E-state index >= 15 is 0 Å². The summed E-state index contributed by atoms with van der Waals surface area (Å²) >= 11 is 12.1. The van der Waals surface area contributed by atoms with Crippen molar-refractivity contribution in [2.45, 2.75) is 32.2 Å². The van der Waals surface area contributed by atoms with Gasteiger partial charge in [-0.3, -0.25) is 4.99 Å². The van der Waals surface area contributed by atoms with E-state index < -0.39 is 0 Å². The topological polar surface area (TPSA) is 53.6 Å². The van der Waals surface area contributed by atoms with Gasteiger partial charge in [0, 0.05) is 16.6 Å².